The van der Waals surface area contributed by atoms with Crippen LogP contribution in [-0.4, -0.2) is 18.8 Å². The first-order valence-corrected chi connectivity index (χ1v) is 7.63. The van der Waals surface area contributed by atoms with Gasteiger partial charge < -0.3 is 5.32 Å². The summed E-state index contributed by atoms with van der Waals surface area (Å²) in [5, 5.41) is 3.50. The fourth-order valence-electron chi connectivity index (χ4n) is 1.72. The number of thioether (sulfide) groups is 1. The molecule has 1 N–H and O–H groups in total. The molecule has 0 saturated carbocycles. The highest BCUT2D eigenvalue weighted by Gasteiger charge is 1.99. The SMILES string of the molecule is CCCCCNCCSc1cc(C)ccc1C. The number of hydrogen-bond donors (Lipinski definition) is 1. The Bertz CT molecular complexity index is 323. The van der Waals surface area contributed by atoms with Gasteiger partial charge in [-0.05, 0) is 38.4 Å². The molecule has 1 aromatic carbocycles. The molecular weight excluding hydrogens is 226 g/mol. The average Bonchev–Trinajstić information content (AvgIpc) is 2.32. The van der Waals surface area contributed by atoms with Gasteiger partial charge in [-0.2, -0.15) is 0 Å². The number of nitrogens with one attached hydrogen (secondary N) is 1. The second-order valence-electron chi connectivity index (χ2n) is 4.57. The van der Waals surface area contributed by atoms with Gasteiger partial charge in [0.05, 0.1) is 0 Å². The van der Waals surface area contributed by atoms with Crippen LogP contribution in [0, 0.1) is 13.8 Å². The molecule has 0 atom stereocenters. The van der Waals surface area contributed by atoms with Gasteiger partial charge in [-0.3, -0.25) is 0 Å². The molecule has 0 bridgehead atoms. The Morgan fingerprint density at radius 3 is 2.71 bits per heavy atom. The van der Waals surface area contributed by atoms with Crippen molar-refractivity contribution in [3.8, 4) is 0 Å². The first-order valence-electron chi connectivity index (χ1n) is 6.65. The predicted octanol–water partition coefficient (Wildman–Crippen LogP) is 4.18. The summed E-state index contributed by atoms with van der Waals surface area (Å²) in [5.74, 6) is 1.16. The molecule has 1 rings (SSSR count). The number of rotatable bonds is 8. The zero-order valence-electron chi connectivity index (χ0n) is 11.4. The molecule has 0 aliphatic heterocycles. The van der Waals surface area contributed by atoms with Gasteiger partial charge in [0, 0.05) is 17.2 Å². The Balaban J connectivity index is 2.15. The summed E-state index contributed by atoms with van der Waals surface area (Å²) < 4.78 is 0. The van der Waals surface area contributed by atoms with Crippen LogP contribution in [0.25, 0.3) is 0 Å². The minimum Gasteiger partial charge on any atom is -0.316 e. The molecule has 1 nitrogen and oxygen atoms in total. The van der Waals surface area contributed by atoms with E-state index in [1.54, 1.807) is 0 Å². The van der Waals surface area contributed by atoms with Gasteiger partial charge in [0.1, 0.15) is 0 Å². The van der Waals surface area contributed by atoms with Crippen LogP contribution in [0.2, 0.25) is 0 Å². The molecule has 0 fully saturated rings. The maximum absolute atomic E-state index is 3.50. The highest BCUT2D eigenvalue weighted by atomic mass is 32.2. The summed E-state index contributed by atoms with van der Waals surface area (Å²) in [6, 6.07) is 6.69. The summed E-state index contributed by atoms with van der Waals surface area (Å²) in [5.41, 5.74) is 2.75. The van der Waals surface area contributed by atoms with Crippen molar-refractivity contribution in [3.63, 3.8) is 0 Å². The Hall–Kier alpha value is -0.470. The van der Waals surface area contributed by atoms with Gasteiger partial charge in [-0.15, -0.1) is 11.8 Å². The van der Waals surface area contributed by atoms with E-state index in [9.17, 15) is 0 Å². The fourth-order valence-corrected chi connectivity index (χ4v) is 2.75. The minimum absolute atomic E-state index is 1.11. The molecule has 0 saturated heterocycles. The lowest BCUT2D eigenvalue weighted by Crippen LogP contribution is -2.18. The second kappa shape index (κ2) is 8.60. The molecule has 0 amide bonds. The van der Waals surface area contributed by atoms with Gasteiger partial charge in [0.2, 0.25) is 0 Å². The molecule has 96 valence electrons. The number of hydrogen-bond acceptors (Lipinski definition) is 2. The van der Waals surface area contributed by atoms with E-state index >= 15 is 0 Å². The van der Waals surface area contributed by atoms with Crippen LogP contribution >= 0.6 is 11.8 Å². The molecule has 0 aliphatic carbocycles. The predicted molar refractivity (Wildman–Crippen MR) is 79.0 cm³/mol. The van der Waals surface area contributed by atoms with Crippen molar-refractivity contribution in [1.29, 1.82) is 0 Å². The molecule has 0 radical (unpaired) electrons. The van der Waals surface area contributed by atoms with E-state index in [1.807, 2.05) is 11.8 Å². The largest absolute Gasteiger partial charge is 0.316 e. The molecular formula is C15H25NS. The Labute approximate surface area is 110 Å². The Kier molecular flexibility index (Phi) is 7.38. The van der Waals surface area contributed by atoms with E-state index in [0.29, 0.717) is 0 Å². The topological polar surface area (TPSA) is 12.0 Å². The van der Waals surface area contributed by atoms with Crippen LogP contribution in [0.3, 0.4) is 0 Å². The van der Waals surface area contributed by atoms with Crippen LogP contribution in [0.4, 0.5) is 0 Å². The second-order valence-corrected chi connectivity index (χ2v) is 5.71. The summed E-state index contributed by atoms with van der Waals surface area (Å²) >= 11 is 1.96. The summed E-state index contributed by atoms with van der Waals surface area (Å²) in [7, 11) is 0. The van der Waals surface area contributed by atoms with Gasteiger partial charge in [-0.1, -0.05) is 37.5 Å². The van der Waals surface area contributed by atoms with Crippen molar-refractivity contribution in [3.05, 3.63) is 29.3 Å². The Morgan fingerprint density at radius 2 is 1.94 bits per heavy atom. The van der Waals surface area contributed by atoms with Crippen LogP contribution in [0.5, 0.6) is 0 Å². The standard InChI is InChI=1S/C15H25NS/c1-4-5-6-9-16-10-11-17-15-12-13(2)7-8-14(15)3/h7-8,12,16H,4-6,9-11H2,1-3H3. The van der Waals surface area contributed by atoms with Gasteiger partial charge >= 0.3 is 0 Å². The van der Waals surface area contributed by atoms with Gasteiger partial charge in [0.25, 0.3) is 0 Å². The monoisotopic (exact) mass is 251 g/mol. The maximum Gasteiger partial charge on any atom is 0.0106 e. The first kappa shape index (κ1) is 14.6. The van der Waals surface area contributed by atoms with E-state index in [4.69, 9.17) is 0 Å². The molecule has 1 aromatic rings. The van der Waals surface area contributed by atoms with Gasteiger partial charge in [-0.25, -0.2) is 0 Å². The summed E-state index contributed by atoms with van der Waals surface area (Å²) in [4.78, 5) is 1.43. The lowest BCUT2D eigenvalue weighted by atomic mass is 10.2. The van der Waals surface area contributed by atoms with Crippen molar-refractivity contribution in [2.24, 2.45) is 0 Å². The van der Waals surface area contributed by atoms with E-state index in [2.05, 4.69) is 44.3 Å². The number of aryl methyl sites for hydroxylation is 2. The normalized spacial score (nSPS) is 10.8. The highest BCUT2D eigenvalue weighted by molar-refractivity contribution is 7.99. The summed E-state index contributed by atoms with van der Waals surface area (Å²) in [6.45, 7) is 8.88. The molecule has 0 spiro atoms. The minimum atomic E-state index is 1.11. The lowest BCUT2D eigenvalue weighted by molar-refractivity contribution is 0.636. The zero-order chi connectivity index (χ0) is 12.5. The molecule has 17 heavy (non-hydrogen) atoms. The van der Waals surface area contributed by atoms with Crippen LogP contribution in [-0.2, 0) is 0 Å². The number of benzene rings is 1. The first-order chi connectivity index (χ1) is 8.24. The van der Waals surface area contributed by atoms with E-state index in [0.717, 1.165) is 12.3 Å². The molecule has 0 aromatic heterocycles. The van der Waals surface area contributed by atoms with E-state index in [-0.39, 0.29) is 0 Å². The quantitative estimate of drug-likeness (QED) is 0.549. The summed E-state index contributed by atoms with van der Waals surface area (Å²) in [6.07, 6.45) is 3.96. The molecule has 0 aliphatic rings. The van der Waals surface area contributed by atoms with E-state index in [1.165, 1.54) is 41.8 Å². The van der Waals surface area contributed by atoms with Crippen LogP contribution < -0.4 is 5.32 Å². The van der Waals surface area contributed by atoms with Crippen molar-refractivity contribution >= 4 is 11.8 Å². The molecule has 0 heterocycles. The van der Waals surface area contributed by atoms with Crippen LogP contribution in [0.1, 0.15) is 37.3 Å². The number of unbranched alkanes of at least 4 members (excludes halogenated alkanes) is 2. The Morgan fingerprint density at radius 1 is 1.12 bits per heavy atom. The zero-order valence-corrected chi connectivity index (χ0v) is 12.2. The lowest BCUT2D eigenvalue weighted by Gasteiger charge is -2.07. The van der Waals surface area contributed by atoms with E-state index < -0.39 is 0 Å². The third-order valence-corrected chi connectivity index (χ3v) is 4.00. The third-order valence-electron chi connectivity index (χ3n) is 2.84. The molecule has 2 heteroatoms. The fraction of sp³-hybridized carbons (Fsp3) is 0.600. The average molecular weight is 251 g/mol. The van der Waals surface area contributed by atoms with Crippen molar-refractivity contribution in [2.45, 2.75) is 44.9 Å². The van der Waals surface area contributed by atoms with Gasteiger partial charge in [0.15, 0.2) is 0 Å². The maximum atomic E-state index is 3.50. The third kappa shape index (κ3) is 6.13. The van der Waals surface area contributed by atoms with Crippen LogP contribution in [0.15, 0.2) is 23.1 Å². The van der Waals surface area contributed by atoms with Crippen molar-refractivity contribution < 1.29 is 0 Å². The smallest absolute Gasteiger partial charge is 0.0106 e. The highest BCUT2D eigenvalue weighted by Crippen LogP contribution is 2.22. The van der Waals surface area contributed by atoms with Crippen molar-refractivity contribution in [2.75, 3.05) is 18.8 Å². The van der Waals surface area contributed by atoms with Crippen molar-refractivity contribution in [1.82, 2.24) is 5.32 Å². The molecule has 0 unspecified atom stereocenters.